The zero-order chi connectivity index (χ0) is 12.3. The van der Waals surface area contributed by atoms with Gasteiger partial charge >= 0.3 is 0 Å². The minimum atomic E-state index is -0.424. The first-order chi connectivity index (χ1) is 8.19. The Bertz CT molecular complexity index is 494. The fourth-order valence-corrected chi connectivity index (χ4v) is 1.53. The van der Waals surface area contributed by atoms with E-state index in [-0.39, 0.29) is 0 Å². The van der Waals surface area contributed by atoms with Crippen LogP contribution in [0.15, 0.2) is 12.4 Å². The molecule has 0 aliphatic carbocycles. The van der Waals surface area contributed by atoms with Crippen molar-refractivity contribution in [3.63, 3.8) is 0 Å². The third kappa shape index (κ3) is 2.91. The molecule has 17 heavy (non-hydrogen) atoms. The molecule has 0 spiro atoms. The van der Waals surface area contributed by atoms with Gasteiger partial charge in [-0.2, -0.15) is 10.1 Å². The Hall–Kier alpha value is -1.69. The molecule has 0 aromatic carbocycles. The lowest BCUT2D eigenvalue weighted by molar-refractivity contribution is 0.208. The van der Waals surface area contributed by atoms with Crippen LogP contribution in [-0.2, 0) is 6.54 Å². The molecule has 1 atom stereocenters. The molecule has 0 aliphatic heterocycles. The summed E-state index contributed by atoms with van der Waals surface area (Å²) < 4.78 is 1.87. The Morgan fingerprint density at radius 1 is 1.53 bits per heavy atom. The number of aliphatic hydroxyl groups excluding tert-OH is 1. The highest BCUT2D eigenvalue weighted by molar-refractivity contribution is 5.73. The average Bonchev–Trinajstić information content (AvgIpc) is 2.68. The molecule has 2 rings (SSSR count). The second-order valence-electron chi connectivity index (χ2n) is 4.09. The van der Waals surface area contributed by atoms with E-state index in [1.165, 1.54) is 0 Å². The summed E-state index contributed by atoms with van der Waals surface area (Å²) in [5.74, 6) is 0.500. The Labute approximate surface area is 99.7 Å². The van der Waals surface area contributed by atoms with Gasteiger partial charge in [-0.3, -0.25) is 4.68 Å². The first-order valence-electron chi connectivity index (χ1n) is 5.81. The zero-order valence-corrected chi connectivity index (χ0v) is 10.1. The topological polar surface area (TPSA) is 75.9 Å². The van der Waals surface area contributed by atoms with Crippen molar-refractivity contribution in [2.75, 3.05) is 11.9 Å². The zero-order valence-electron chi connectivity index (χ0n) is 10.1. The van der Waals surface area contributed by atoms with Crippen LogP contribution in [-0.4, -0.2) is 37.5 Å². The molecular weight excluding hydrogens is 218 g/mol. The number of aliphatic hydroxyl groups is 1. The van der Waals surface area contributed by atoms with Gasteiger partial charge in [0, 0.05) is 25.5 Å². The van der Waals surface area contributed by atoms with E-state index in [0.717, 1.165) is 18.4 Å². The van der Waals surface area contributed by atoms with E-state index in [1.807, 2.05) is 10.9 Å². The molecule has 2 N–H and O–H groups in total. The number of aromatic nitrogens is 4. The molecule has 2 heterocycles. The lowest BCUT2D eigenvalue weighted by Crippen LogP contribution is -2.16. The number of hydrogen-bond acceptors (Lipinski definition) is 5. The predicted molar refractivity (Wildman–Crippen MR) is 65.8 cm³/mol. The summed E-state index contributed by atoms with van der Waals surface area (Å²) >= 11 is 0. The van der Waals surface area contributed by atoms with Crippen molar-refractivity contribution in [3.05, 3.63) is 12.4 Å². The van der Waals surface area contributed by atoms with Gasteiger partial charge in [0.1, 0.15) is 0 Å². The van der Waals surface area contributed by atoms with E-state index in [9.17, 15) is 0 Å². The fraction of sp³-hybridized carbons (Fsp3) is 0.545. The molecular formula is C11H17N5O. The van der Waals surface area contributed by atoms with Crippen LogP contribution in [0.25, 0.3) is 11.0 Å². The SMILES string of the molecule is CCCn1cc2cnc(NC[C@@H](C)O)nc2n1. The number of anilines is 1. The average molecular weight is 235 g/mol. The van der Waals surface area contributed by atoms with Gasteiger partial charge in [0.15, 0.2) is 5.65 Å². The van der Waals surface area contributed by atoms with Crippen LogP contribution in [0.5, 0.6) is 0 Å². The smallest absolute Gasteiger partial charge is 0.224 e. The highest BCUT2D eigenvalue weighted by Crippen LogP contribution is 2.10. The normalized spacial score (nSPS) is 12.9. The van der Waals surface area contributed by atoms with Crippen molar-refractivity contribution in [3.8, 4) is 0 Å². The van der Waals surface area contributed by atoms with Gasteiger partial charge in [0.2, 0.25) is 5.95 Å². The quantitative estimate of drug-likeness (QED) is 0.809. The Balaban J connectivity index is 2.18. The summed E-state index contributed by atoms with van der Waals surface area (Å²) in [4.78, 5) is 8.45. The number of hydrogen-bond donors (Lipinski definition) is 2. The molecule has 0 radical (unpaired) electrons. The van der Waals surface area contributed by atoms with E-state index < -0.39 is 6.10 Å². The molecule has 0 saturated heterocycles. The van der Waals surface area contributed by atoms with Crippen molar-refractivity contribution in [1.29, 1.82) is 0 Å². The molecule has 0 fully saturated rings. The first-order valence-corrected chi connectivity index (χ1v) is 5.81. The molecule has 0 saturated carbocycles. The van der Waals surface area contributed by atoms with Gasteiger partial charge in [0.05, 0.1) is 11.5 Å². The second-order valence-corrected chi connectivity index (χ2v) is 4.09. The van der Waals surface area contributed by atoms with Crippen LogP contribution < -0.4 is 5.32 Å². The summed E-state index contributed by atoms with van der Waals surface area (Å²) in [5, 5.41) is 17.4. The highest BCUT2D eigenvalue weighted by atomic mass is 16.3. The minimum absolute atomic E-state index is 0.424. The Morgan fingerprint density at radius 2 is 2.35 bits per heavy atom. The number of nitrogens with zero attached hydrogens (tertiary/aromatic N) is 4. The molecule has 92 valence electrons. The molecule has 2 aromatic heterocycles. The van der Waals surface area contributed by atoms with Crippen LogP contribution in [0, 0.1) is 0 Å². The van der Waals surface area contributed by atoms with Crippen molar-refractivity contribution in [2.45, 2.75) is 32.9 Å². The first kappa shape index (κ1) is 11.8. The van der Waals surface area contributed by atoms with Gasteiger partial charge in [-0.05, 0) is 13.3 Å². The molecule has 2 aromatic rings. The van der Waals surface area contributed by atoms with Gasteiger partial charge in [0.25, 0.3) is 0 Å². The minimum Gasteiger partial charge on any atom is -0.392 e. The lowest BCUT2D eigenvalue weighted by atomic mass is 10.4. The highest BCUT2D eigenvalue weighted by Gasteiger charge is 2.05. The largest absolute Gasteiger partial charge is 0.392 e. The van der Waals surface area contributed by atoms with Crippen molar-refractivity contribution in [1.82, 2.24) is 19.7 Å². The van der Waals surface area contributed by atoms with Crippen molar-refractivity contribution >= 4 is 17.0 Å². The van der Waals surface area contributed by atoms with Crippen LogP contribution >= 0.6 is 0 Å². The maximum Gasteiger partial charge on any atom is 0.224 e. The summed E-state index contributed by atoms with van der Waals surface area (Å²) in [6, 6.07) is 0. The van der Waals surface area contributed by atoms with Crippen LogP contribution in [0.3, 0.4) is 0 Å². The van der Waals surface area contributed by atoms with Crippen molar-refractivity contribution < 1.29 is 5.11 Å². The van der Waals surface area contributed by atoms with Gasteiger partial charge in [-0.1, -0.05) is 6.92 Å². The number of rotatable bonds is 5. The van der Waals surface area contributed by atoms with E-state index in [0.29, 0.717) is 18.1 Å². The molecule has 0 amide bonds. The van der Waals surface area contributed by atoms with Crippen molar-refractivity contribution in [2.24, 2.45) is 0 Å². The van der Waals surface area contributed by atoms with E-state index in [4.69, 9.17) is 5.11 Å². The molecule has 0 bridgehead atoms. The van der Waals surface area contributed by atoms with Crippen LogP contribution in [0.4, 0.5) is 5.95 Å². The maximum atomic E-state index is 9.16. The van der Waals surface area contributed by atoms with Gasteiger partial charge < -0.3 is 10.4 Å². The van der Waals surface area contributed by atoms with Gasteiger partial charge in [-0.15, -0.1) is 0 Å². The van der Waals surface area contributed by atoms with Crippen LogP contribution in [0.1, 0.15) is 20.3 Å². The fourth-order valence-electron chi connectivity index (χ4n) is 1.53. The maximum absolute atomic E-state index is 9.16. The third-order valence-corrected chi connectivity index (χ3v) is 2.32. The summed E-state index contributed by atoms with van der Waals surface area (Å²) in [6.07, 6.45) is 4.30. The number of fused-ring (bicyclic) bond motifs is 1. The van der Waals surface area contributed by atoms with Crippen LogP contribution in [0.2, 0.25) is 0 Å². The van der Waals surface area contributed by atoms with E-state index in [2.05, 4.69) is 27.3 Å². The number of nitrogens with one attached hydrogen (secondary N) is 1. The predicted octanol–water partition coefficient (Wildman–Crippen LogP) is 1.03. The summed E-state index contributed by atoms with van der Waals surface area (Å²) in [5.41, 5.74) is 0.682. The molecule has 0 unspecified atom stereocenters. The van der Waals surface area contributed by atoms with Gasteiger partial charge in [-0.25, -0.2) is 4.98 Å². The summed E-state index contributed by atoms with van der Waals surface area (Å²) in [6.45, 7) is 5.13. The Morgan fingerprint density at radius 3 is 3.06 bits per heavy atom. The number of aryl methyl sites for hydroxylation is 1. The van der Waals surface area contributed by atoms with E-state index in [1.54, 1.807) is 13.1 Å². The monoisotopic (exact) mass is 235 g/mol. The summed E-state index contributed by atoms with van der Waals surface area (Å²) in [7, 11) is 0. The molecule has 6 heteroatoms. The van der Waals surface area contributed by atoms with E-state index >= 15 is 0 Å². The standard InChI is InChI=1S/C11H17N5O/c1-3-4-16-7-9-6-13-11(12-5-8(2)17)14-10(9)15-16/h6-8,17H,3-5H2,1-2H3,(H,12,14,15)/t8-/m1/s1. The molecule has 6 nitrogen and oxygen atoms in total. The second kappa shape index (κ2) is 5.09. The third-order valence-electron chi connectivity index (χ3n) is 2.32. The lowest BCUT2D eigenvalue weighted by Gasteiger charge is -2.05. The Kier molecular flexibility index (Phi) is 3.53. The molecule has 0 aliphatic rings.